The number of aliphatic hydroxyl groups is 1. The number of aryl methyl sites for hydroxylation is 1. The molecule has 0 radical (unpaired) electrons. The summed E-state index contributed by atoms with van der Waals surface area (Å²) in [6, 6.07) is 1.89. The topological polar surface area (TPSA) is 58.0 Å². The first-order chi connectivity index (χ1) is 9.17. The fourth-order valence-electron chi connectivity index (χ4n) is 2.69. The Kier molecular flexibility index (Phi) is 5.16. The van der Waals surface area contributed by atoms with E-state index in [0.29, 0.717) is 0 Å². The van der Waals surface area contributed by atoms with E-state index in [1.807, 2.05) is 6.07 Å². The molecule has 1 aromatic rings. The van der Waals surface area contributed by atoms with Crippen LogP contribution in [-0.4, -0.2) is 27.2 Å². The number of hydrogen-bond acceptors (Lipinski definition) is 4. The highest BCUT2D eigenvalue weighted by atomic mass is 79.9. The number of nitrogens with zero attached hydrogens (tertiary/aromatic N) is 2. The first-order valence-electron chi connectivity index (χ1n) is 7.10. The molecule has 1 aliphatic carbocycles. The highest BCUT2D eigenvalue weighted by Crippen LogP contribution is 2.31. The lowest BCUT2D eigenvalue weighted by Gasteiger charge is -2.37. The normalized spacial score (nSPS) is 18.3. The van der Waals surface area contributed by atoms with Gasteiger partial charge in [0.2, 0.25) is 0 Å². The molecule has 0 aromatic carbocycles. The molecule has 106 valence electrons. The standard InChI is InChI=1S/C14H22BrN3O/c1-2-6-12-16-11(15)9-13(17-12)18-14(10-19)7-4-3-5-8-14/h9,19H,2-8,10H2,1H3,(H,16,17,18). The largest absolute Gasteiger partial charge is 0.394 e. The Morgan fingerprint density at radius 3 is 2.68 bits per heavy atom. The summed E-state index contributed by atoms with van der Waals surface area (Å²) in [6.45, 7) is 2.28. The predicted octanol–water partition coefficient (Wildman–Crippen LogP) is 3.30. The quantitative estimate of drug-likeness (QED) is 0.814. The zero-order valence-electron chi connectivity index (χ0n) is 11.5. The van der Waals surface area contributed by atoms with Gasteiger partial charge in [0.25, 0.3) is 0 Å². The molecule has 1 heterocycles. The number of aliphatic hydroxyl groups excluding tert-OH is 1. The van der Waals surface area contributed by atoms with Gasteiger partial charge in [0, 0.05) is 12.5 Å². The van der Waals surface area contributed by atoms with E-state index in [9.17, 15) is 5.11 Å². The van der Waals surface area contributed by atoms with Crippen LogP contribution in [-0.2, 0) is 6.42 Å². The van der Waals surface area contributed by atoms with Crippen molar-refractivity contribution in [3.8, 4) is 0 Å². The third-order valence-electron chi connectivity index (χ3n) is 3.72. The second kappa shape index (κ2) is 6.66. The summed E-state index contributed by atoms with van der Waals surface area (Å²) in [7, 11) is 0. The fraction of sp³-hybridized carbons (Fsp3) is 0.714. The summed E-state index contributed by atoms with van der Waals surface area (Å²) >= 11 is 3.43. The molecule has 1 aliphatic rings. The van der Waals surface area contributed by atoms with E-state index in [1.165, 1.54) is 19.3 Å². The Morgan fingerprint density at radius 2 is 2.05 bits per heavy atom. The van der Waals surface area contributed by atoms with Crippen LogP contribution in [0.3, 0.4) is 0 Å². The molecular formula is C14H22BrN3O. The third kappa shape index (κ3) is 3.89. The molecule has 2 rings (SSSR count). The predicted molar refractivity (Wildman–Crippen MR) is 80.3 cm³/mol. The minimum Gasteiger partial charge on any atom is -0.394 e. The molecule has 1 aromatic heterocycles. The van der Waals surface area contributed by atoms with Crippen molar-refractivity contribution in [2.75, 3.05) is 11.9 Å². The smallest absolute Gasteiger partial charge is 0.132 e. The summed E-state index contributed by atoms with van der Waals surface area (Å²) in [5.74, 6) is 1.67. The Bertz CT molecular complexity index is 419. The van der Waals surface area contributed by atoms with E-state index in [0.717, 1.165) is 41.9 Å². The van der Waals surface area contributed by atoms with Crippen molar-refractivity contribution in [1.82, 2.24) is 9.97 Å². The van der Waals surface area contributed by atoms with Crippen molar-refractivity contribution in [3.63, 3.8) is 0 Å². The monoisotopic (exact) mass is 327 g/mol. The van der Waals surface area contributed by atoms with Gasteiger partial charge in [-0.2, -0.15) is 0 Å². The van der Waals surface area contributed by atoms with Crippen LogP contribution < -0.4 is 5.32 Å². The minimum absolute atomic E-state index is 0.164. The van der Waals surface area contributed by atoms with Crippen molar-refractivity contribution >= 4 is 21.7 Å². The van der Waals surface area contributed by atoms with E-state index >= 15 is 0 Å². The van der Waals surface area contributed by atoms with Gasteiger partial charge < -0.3 is 10.4 Å². The van der Waals surface area contributed by atoms with E-state index in [-0.39, 0.29) is 12.1 Å². The summed E-state index contributed by atoms with van der Waals surface area (Å²) < 4.78 is 0.803. The van der Waals surface area contributed by atoms with Crippen molar-refractivity contribution in [2.45, 2.75) is 57.4 Å². The van der Waals surface area contributed by atoms with E-state index in [2.05, 4.69) is 38.1 Å². The molecule has 0 saturated heterocycles. The maximum absolute atomic E-state index is 9.73. The van der Waals surface area contributed by atoms with Gasteiger partial charge in [-0.15, -0.1) is 0 Å². The molecule has 0 atom stereocenters. The SMILES string of the molecule is CCCc1nc(Br)cc(NC2(CO)CCCCC2)n1. The van der Waals surface area contributed by atoms with Gasteiger partial charge in [0.1, 0.15) is 16.2 Å². The number of halogens is 1. The molecule has 2 N–H and O–H groups in total. The van der Waals surface area contributed by atoms with Gasteiger partial charge in [-0.25, -0.2) is 9.97 Å². The lowest BCUT2D eigenvalue weighted by Crippen LogP contribution is -2.44. The molecule has 0 amide bonds. The van der Waals surface area contributed by atoms with Crippen LogP contribution >= 0.6 is 15.9 Å². The Morgan fingerprint density at radius 1 is 1.32 bits per heavy atom. The number of anilines is 1. The van der Waals surface area contributed by atoms with Crippen molar-refractivity contribution < 1.29 is 5.11 Å². The van der Waals surface area contributed by atoms with E-state index < -0.39 is 0 Å². The van der Waals surface area contributed by atoms with Gasteiger partial charge in [-0.05, 0) is 35.2 Å². The Balaban J connectivity index is 2.16. The lowest BCUT2D eigenvalue weighted by molar-refractivity contribution is 0.172. The highest BCUT2D eigenvalue weighted by molar-refractivity contribution is 9.10. The molecule has 1 saturated carbocycles. The average molecular weight is 328 g/mol. The molecule has 1 fully saturated rings. The highest BCUT2D eigenvalue weighted by Gasteiger charge is 2.31. The first kappa shape index (κ1) is 14.7. The number of aromatic nitrogens is 2. The lowest BCUT2D eigenvalue weighted by atomic mass is 9.82. The number of nitrogens with one attached hydrogen (secondary N) is 1. The molecule has 5 heteroatoms. The van der Waals surface area contributed by atoms with Crippen LogP contribution in [0, 0.1) is 0 Å². The molecule has 0 bridgehead atoms. The van der Waals surface area contributed by atoms with Crippen LogP contribution in [0.25, 0.3) is 0 Å². The van der Waals surface area contributed by atoms with Crippen LogP contribution in [0.15, 0.2) is 10.7 Å². The summed E-state index contributed by atoms with van der Waals surface area (Å²) in [4.78, 5) is 8.92. The maximum Gasteiger partial charge on any atom is 0.132 e. The van der Waals surface area contributed by atoms with E-state index in [4.69, 9.17) is 0 Å². The second-order valence-electron chi connectivity index (χ2n) is 5.37. The number of rotatable bonds is 5. The Labute approximate surface area is 123 Å². The van der Waals surface area contributed by atoms with Gasteiger partial charge in [0.05, 0.1) is 12.1 Å². The van der Waals surface area contributed by atoms with Crippen molar-refractivity contribution in [3.05, 3.63) is 16.5 Å². The van der Waals surface area contributed by atoms with Crippen LogP contribution in [0.4, 0.5) is 5.82 Å². The van der Waals surface area contributed by atoms with E-state index in [1.54, 1.807) is 0 Å². The molecule has 0 spiro atoms. The fourth-order valence-corrected chi connectivity index (χ4v) is 3.11. The van der Waals surface area contributed by atoms with Gasteiger partial charge in [-0.1, -0.05) is 26.2 Å². The molecule has 4 nitrogen and oxygen atoms in total. The molecule has 0 unspecified atom stereocenters. The zero-order chi connectivity index (χ0) is 13.7. The van der Waals surface area contributed by atoms with Crippen molar-refractivity contribution in [2.24, 2.45) is 0 Å². The van der Waals surface area contributed by atoms with Gasteiger partial charge in [-0.3, -0.25) is 0 Å². The van der Waals surface area contributed by atoms with Crippen LogP contribution in [0.5, 0.6) is 0 Å². The molecule has 0 aliphatic heterocycles. The first-order valence-corrected chi connectivity index (χ1v) is 7.89. The zero-order valence-corrected chi connectivity index (χ0v) is 13.0. The van der Waals surface area contributed by atoms with Crippen LogP contribution in [0.2, 0.25) is 0 Å². The average Bonchev–Trinajstić information content (AvgIpc) is 2.39. The summed E-state index contributed by atoms with van der Waals surface area (Å²) in [5.41, 5.74) is -0.199. The Hall–Kier alpha value is -0.680. The minimum atomic E-state index is -0.199. The molecule has 19 heavy (non-hydrogen) atoms. The van der Waals surface area contributed by atoms with Gasteiger partial charge >= 0.3 is 0 Å². The second-order valence-corrected chi connectivity index (χ2v) is 6.18. The maximum atomic E-state index is 9.73. The van der Waals surface area contributed by atoms with Crippen LogP contribution in [0.1, 0.15) is 51.3 Å². The summed E-state index contributed by atoms with van der Waals surface area (Å²) in [5, 5.41) is 13.2. The van der Waals surface area contributed by atoms with Gasteiger partial charge in [0.15, 0.2) is 0 Å². The molecular weight excluding hydrogens is 306 g/mol. The third-order valence-corrected chi connectivity index (χ3v) is 4.13. The number of hydrogen-bond donors (Lipinski definition) is 2. The van der Waals surface area contributed by atoms with Crippen molar-refractivity contribution in [1.29, 1.82) is 0 Å². The summed E-state index contributed by atoms with van der Waals surface area (Å²) in [6.07, 6.45) is 7.52.